The highest BCUT2D eigenvalue weighted by molar-refractivity contribution is 5.68. The van der Waals surface area contributed by atoms with Gasteiger partial charge in [0.2, 0.25) is 0 Å². The molecular weight excluding hydrogens is 180 g/mol. The van der Waals surface area contributed by atoms with Crippen LogP contribution in [0.1, 0.15) is 0 Å². The van der Waals surface area contributed by atoms with Gasteiger partial charge in [0.1, 0.15) is 6.29 Å². The highest BCUT2D eigenvalue weighted by Gasteiger charge is 2.69. The number of rotatable bonds is 1. The molecule has 4 aliphatic rings. The van der Waals surface area contributed by atoms with E-state index in [1.165, 1.54) is 0 Å². The van der Waals surface area contributed by atoms with Crippen molar-refractivity contribution >= 4 is 6.29 Å². The van der Waals surface area contributed by atoms with Crippen LogP contribution in [0, 0.1) is 11.3 Å². The molecule has 0 spiro atoms. The summed E-state index contributed by atoms with van der Waals surface area (Å²) in [5.74, 6) is 0.213. The number of fused-ring (bicyclic) bond motifs is 9. The van der Waals surface area contributed by atoms with Gasteiger partial charge in [-0.2, -0.15) is 0 Å². The lowest BCUT2D eigenvalue weighted by Gasteiger charge is -2.32. The Bertz CT molecular complexity index is 343. The van der Waals surface area contributed by atoms with Gasteiger partial charge in [-0.05, 0) is 0 Å². The second-order valence-corrected chi connectivity index (χ2v) is 4.46. The minimum absolute atomic E-state index is 0.0602. The Hall–Kier alpha value is -0.930. The fourth-order valence-electron chi connectivity index (χ4n) is 3.43. The van der Waals surface area contributed by atoms with E-state index in [9.17, 15) is 4.79 Å². The van der Waals surface area contributed by atoms with Gasteiger partial charge in [0, 0.05) is 5.92 Å². The summed E-state index contributed by atoms with van der Waals surface area (Å²) < 4.78 is 11.5. The van der Waals surface area contributed by atoms with Crippen LogP contribution in [0.5, 0.6) is 0 Å². The Morgan fingerprint density at radius 2 is 1.57 bits per heavy atom. The predicted molar refractivity (Wildman–Crippen MR) is 47.6 cm³/mol. The number of hydrogen-bond donors (Lipinski definition) is 0. The Morgan fingerprint density at radius 1 is 1.00 bits per heavy atom. The van der Waals surface area contributed by atoms with Crippen molar-refractivity contribution in [3.63, 3.8) is 0 Å². The van der Waals surface area contributed by atoms with Gasteiger partial charge < -0.3 is 14.3 Å². The van der Waals surface area contributed by atoms with Crippen LogP contribution in [-0.4, -0.2) is 30.7 Å². The van der Waals surface area contributed by atoms with E-state index in [0.717, 1.165) is 6.29 Å². The van der Waals surface area contributed by atoms with Crippen LogP contribution >= 0.6 is 0 Å². The second kappa shape index (κ2) is 2.02. The third-order valence-corrected chi connectivity index (χ3v) is 4.03. The summed E-state index contributed by atoms with van der Waals surface area (Å²) in [5, 5.41) is 0. The van der Waals surface area contributed by atoms with Gasteiger partial charge in [-0.3, -0.25) is 0 Å². The first-order valence-electron chi connectivity index (χ1n) is 5.00. The SMILES string of the molecule is O=CC12C3C=CC(O3)C1C1C=CC2O1. The molecule has 0 aromatic heterocycles. The first-order valence-corrected chi connectivity index (χ1v) is 5.00. The first kappa shape index (κ1) is 7.37. The Labute approximate surface area is 81.4 Å². The van der Waals surface area contributed by atoms with Crippen LogP contribution in [0.3, 0.4) is 0 Å². The maximum atomic E-state index is 11.4. The van der Waals surface area contributed by atoms with Crippen molar-refractivity contribution in [3.8, 4) is 0 Å². The van der Waals surface area contributed by atoms with E-state index in [1.807, 2.05) is 12.2 Å². The molecule has 4 aliphatic heterocycles. The first-order chi connectivity index (χ1) is 6.86. The van der Waals surface area contributed by atoms with E-state index in [0.29, 0.717) is 0 Å². The lowest BCUT2D eigenvalue weighted by molar-refractivity contribution is -0.121. The Kier molecular flexibility index (Phi) is 1.06. The molecule has 4 bridgehead atoms. The number of ether oxygens (including phenoxy) is 2. The zero-order chi connectivity index (χ0) is 9.34. The molecule has 2 fully saturated rings. The van der Waals surface area contributed by atoms with Gasteiger partial charge in [-0.15, -0.1) is 0 Å². The molecule has 0 N–H and O–H groups in total. The maximum Gasteiger partial charge on any atom is 0.132 e. The van der Waals surface area contributed by atoms with Crippen LogP contribution in [0.15, 0.2) is 24.3 Å². The minimum atomic E-state index is -0.418. The molecule has 0 aliphatic carbocycles. The van der Waals surface area contributed by atoms with E-state index in [4.69, 9.17) is 9.47 Å². The van der Waals surface area contributed by atoms with Crippen LogP contribution in [-0.2, 0) is 14.3 Å². The van der Waals surface area contributed by atoms with Crippen LogP contribution in [0.2, 0.25) is 0 Å². The summed E-state index contributed by atoms with van der Waals surface area (Å²) in [6.45, 7) is 0. The molecule has 0 aromatic carbocycles. The van der Waals surface area contributed by atoms with Crippen molar-refractivity contribution < 1.29 is 14.3 Å². The standard InChI is InChI=1S/C11H10O3/c12-5-11-8-3-1-6(13-8)10(11)7-2-4-9(11)14-7/h1-10H. The lowest BCUT2D eigenvalue weighted by atomic mass is 9.64. The van der Waals surface area contributed by atoms with Gasteiger partial charge in [-0.25, -0.2) is 0 Å². The number of hydrogen-bond acceptors (Lipinski definition) is 3. The van der Waals surface area contributed by atoms with E-state index < -0.39 is 5.41 Å². The number of aldehydes is 1. The normalized spacial score (nSPS) is 61.0. The van der Waals surface area contributed by atoms with Gasteiger partial charge in [0.05, 0.1) is 29.8 Å². The molecule has 0 radical (unpaired) electrons. The molecule has 3 heteroatoms. The lowest BCUT2D eigenvalue weighted by Crippen LogP contribution is -2.46. The molecule has 2 saturated heterocycles. The molecule has 0 aromatic rings. The number of carbonyl (C=O) groups is 1. The highest BCUT2D eigenvalue weighted by Crippen LogP contribution is 2.59. The predicted octanol–water partition coefficient (Wildman–Crippen LogP) is 0.462. The van der Waals surface area contributed by atoms with Crippen molar-refractivity contribution in [2.75, 3.05) is 0 Å². The van der Waals surface area contributed by atoms with E-state index in [1.54, 1.807) is 0 Å². The third kappa shape index (κ3) is 0.529. The third-order valence-electron chi connectivity index (χ3n) is 4.03. The molecule has 4 rings (SSSR count). The monoisotopic (exact) mass is 190 g/mol. The smallest absolute Gasteiger partial charge is 0.132 e. The molecule has 0 amide bonds. The largest absolute Gasteiger partial charge is 0.365 e. The van der Waals surface area contributed by atoms with Crippen molar-refractivity contribution in [1.82, 2.24) is 0 Å². The van der Waals surface area contributed by atoms with Gasteiger partial charge in [-0.1, -0.05) is 24.3 Å². The maximum absolute atomic E-state index is 11.4. The quantitative estimate of drug-likeness (QED) is 0.445. The minimum Gasteiger partial charge on any atom is -0.365 e. The van der Waals surface area contributed by atoms with Crippen molar-refractivity contribution in [2.45, 2.75) is 24.4 Å². The summed E-state index contributed by atoms with van der Waals surface area (Å²) >= 11 is 0. The summed E-state index contributed by atoms with van der Waals surface area (Å²) in [7, 11) is 0. The summed E-state index contributed by atoms with van der Waals surface area (Å²) in [4.78, 5) is 11.4. The Morgan fingerprint density at radius 3 is 2.00 bits per heavy atom. The zero-order valence-corrected chi connectivity index (χ0v) is 7.50. The average Bonchev–Trinajstić information content (AvgIpc) is 2.95. The molecule has 0 saturated carbocycles. The van der Waals surface area contributed by atoms with Gasteiger partial charge in [0.15, 0.2) is 0 Å². The number of carbonyl (C=O) groups excluding carboxylic acids is 1. The van der Waals surface area contributed by atoms with Gasteiger partial charge in [0.25, 0.3) is 0 Å². The molecule has 3 nitrogen and oxygen atoms in total. The molecule has 4 unspecified atom stereocenters. The van der Waals surface area contributed by atoms with Crippen LogP contribution in [0.25, 0.3) is 0 Å². The van der Waals surface area contributed by atoms with E-state index >= 15 is 0 Å². The van der Waals surface area contributed by atoms with Crippen molar-refractivity contribution in [1.29, 1.82) is 0 Å². The summed E-state index contributed by atoms with van der Waals surface area (Å²) in [6.07, 6.45) is 9.26. The summed E-state index contributed by atoms with van der Waals surface area (Å²) in [5.41, 5.74) is -0.418. The average molecular weight is 190 g/mol. The van der Waals surface area contributed by atoms with E-state index in [-0.39, 0.29) is 30.3 Å². The zero-order valence-electron chi connectivity index (χ0n) is 7.50. The van der Waals surface area contributed by atoms with Crippen molar-refractivity contribution in [2.24, 2.45) is 11.3 Å². The van der Waals surface area contributed by atoms with Gasteiger partial charge >= 0.3 is 0 Å². The molecular formula is C11H10O3. The Balaban J connectivity index is 1.95. The molecule has 4 atom stereocenters. The fraction of sp³-hybridized carbons (Fsp3) is 0.545. The highest BCUT2D eigenvalue weighted by atomic mass is 16.5. The molecule has 14 heavy (non-hydrogen) atoms. The van der Waals surface area contributed by atoms with Crippen molar-refractivity contribution in [3.05, 3.63) is 24.3 Å². The topological polar surface area (TPSA) is 35.5 Å². The second-order valence-electron chi connectivity index (χ2n) is 4.46. The fourth-order valence-corrected chi connectivity index (χ4v) is 3.43. The van der Waals surface area contributed by atoms with Crippen LogP contribution < -0.4 is 0 Å². The van der Waals surface area contributed by atoms with Crippen LogP contribution in [0.4, 0.5) is 0 Å². The van der Waals surface area contributed by atoms with E-state index in [2.05, 4.69) is 12.2 Å². The summed E-state index contributed by atoms with van der Waals surface area (Å²) in [6, 6.07) is 0. The molecule has 72 valence electrons. The molecule has 4 heterocycles.